The number of hydrogen-bond donors (Lipinski definition) is 1. The second-order valence-corrected chi connectivity index (χ2v) is 11.1. The topological polar surface area (TPSA) is 97.7 Å². The van der Waals surface area contributed by atoms with Gasteiger partial charge in [0.2, 0.25) is 0 Å². The first kappa shape index (κ1) is 25.3. The highest BCUT2D eigenvalue weighted by atomic mass is 35.5. The number of nitrogens with zero attached hydrogens (tertiary/aromatic N) is 3. The van der Waals surface area contributed by atoms with Crippen molar-refractivity contribution >= 4 is 45.9 Å². The van der Waals surface area contributed by atoms with Crippen molar-refractivity contribution in [3.63, 3.8) is 0 Å². The van der Waals surface area contributed by atoms with Gasteiger partial charge in [-0.15, -0.1) is 11.3 Å². The Morgan fingerprint density at radius 3 is 2.54 bits per heavy atom. The molecule has 4 rings (SSSR count). The van der Waals surface area contributed by atoms with E-state index in [1.54, 1.807) is 19.1 Å². The minimum absolute atomic E-state index is 0.0620. The predicted molar refractivity (Wildman–Crippen MR) is 140 cm³/mol. The van der Waals surface area contributed by atoms with E-state index < -0.39 is 16.7 Å². The molecule has 1 unspecified atom stereocenters. The normalized spacial score (nSPS) is 15.8. The fourth-order valence-electron chi connectivity index (χ4n) is 4.11. The maximum Gasteiger partial charge on any atom is 0.349 e. The van der Waals surface area contributed by atoms with E-state index in [0.717, 1.165) is 38.5 Å². The molecule has 7 nitrogen and oxygen atoms in total. The average molecular weight is 531 g/mol. The Balaban J connectivity index is 1.82. The number of aromatic amines is 1. The molecule has 2 heterocycles. The standard InChI is InChI=1S/C25H24Cl2N4O3S/c1-13-6-5-7-15(8-13)22-19(9-14(2)32)35-23(30-22)25(3,4)21-17(26)10-16(11-18(21)27)31-24(34)29-20(33)12-28-31/h5,7-8,10-13H,6,9H2,1-4H3,(H,29,33,34). The number of ketones is 1. The van der Waals surface area contributed by atoms with Crippen LogP contribution in [0.15, 0.2) is 46.1 Å². The molecule has 2 aromatic heterocycles. The minimum Gasteiger partial charge on any atom is -0.300 e. The zero-order chi connectivity index (χ0) is 25.5. The van der Waals surface area contributed by atoms with Crippen molar-refractivity contribution in [3.05, 3.63) is 88.6 Å². The van der Waals surface area contributed by atoms with Crippen LogP contribution in [0.3, 0.4) is 0 Å². The molecule has 0 radical (unpaired) electrons. The van der Waals surface area contributed by atoms with E-state index in [4.69, 9.17) is 28.2 Å². The summed E-state index contributed by atoms with van der Waals surface area (Å²) < 4.78 is 1.02. The first-order valence-corrected chi connectivity index (χ1v) is 12.6. The maximum atomic E-state index is 12.2. The van der Waals surface area contributed by atoms with Gasteiger partial charge in [0.25, 0.3) is 5.56 Å². The van der Waals surface area contributed by atoms with Crippen LogP contribution in [0.1, 0.15) is 55.3 Å². The van der Waals surface area contributed by atoms with Crippen LogP contribution >= 0.6 is 34.5 Å². The lowest BCUT2D eigenvalue weighted by atomic mass is 9.85. The number of Topliss-reactive ketones (excluding diaryl/α,β-unsaturated/α-hetero) is 1. The summed E-state index contributed by atoms with van der Waals surface area (Å²) in [4.78, 5) is 43.6. The summed E-state index contributed by atoms with van der Waals surface area (Å²) in [6.45, 7) is 7.66. The molecule has 1 N–H and O–H groups in total. The number of allylic oxidation sites excluding steroid dienone is 4. The molecule has 35 heavy (non-hydrogen) atoms. The van der Waals surface area contributed by atoms with Gasteiger partial charge in [-0.25, -0.2) is 9.78 Å². The third-order valence-corrected chi connectivity index (χ3v) is 7.77. The Kier molecular flexibility index (Phi) is 6.99. The third kappa shape index (κ3) is 5.10. The van der Waals surface area contributed by atoms with Crippen LogP contribution in [0.2, 0.25) is 10.0 Å². The van der Waals surface area contributed by atoms with E-state index in [-0.39, 0.29) is 5.78 Å². The highest BCUT2D eigenvalue weighted by molar-refractivity contribution is 7.12. The van der Waals surface area contributed by atoms with Crippen LogP contribution in [0.4, 0.5) is 0 Å². The molecule has 0 saturated carbocycles. The summed E-state index contributed by atoms with van der Waals surface area (Å²) in [6.07, 6.45) is 8.63. The Morgan fingerprint density at radius 1 is 1.26 bits per heavy atom. The average Bonchev–Trinajstić information content (AvgIpc) is 3.17. The second-order valence-electron chi connectivity index (χ2n) is 9.17. The van der Waals surface area contributed by atoms with Gasteiger partial charge < -0.3 is 0 Å². The van der Waals surface area contributed by atoms with Crippen LogP contribution < -0.4 is 11.2 Å². The number of carbonyl (C=O) groups is 1. The molecule has 0 bridgehead atoms. The first-order valence-electron chi connectivity index (χ1n) is 11.0. The van der Waals surface area contributed by atoms with Gasteiger partial charge in [0, 0.05) is 32.3 Å². The highest BCUT2D eigenvalue weighted by Gasteiger charge is 2.33. The summed E-state index contributed by atoms with van der Waals surface area (Å²) in [6, 6.07) is 3.16. The molecule has 1 atom stereocenters. The molecule has 0 spiro atoms. The molecule has 0 amide bonds. The van der Waals surface area contributed by atoms with E-state index in [2.05, 4.69) is 35.2 Å². The second kappa shape index (κ2) is 9.68. The number of rotatable bonds is 6. The summed E-state index contributed by atoms with van der Waals surface area (Å²) in [5.41, 5.74) is 0.785. The maximum absolute atomic E-state index is 12.2. The number of benzene rings is 1. The summed E-state index contributed by atoms with van der Waals surface area (Å²) in [5, 5.41) is 5.29. The lowest BCUT2D eigenvalue weighted by Gasteiger charge is -2.26. The molecule has 10 heteroatoms. The van der Waals surface area contributed by atoms with Crippen LogP contribution in [-0.2, 0) is 16.6 Å². The molecular formula is C25H24Cl2N4O3S. The Labute approximate surface area is 216 Å². The van der Waals surface area contributed by atoms with Gasteiger partial charge in [-0.1, -0.05) is 48.4 Å². The Bertz CT molecular complexity index is 1470. The summed E-state index contributed by atoms with van der Waals surface area (Å²) in [7, 11) is 0. The van der Waals surface area contributed by atoms with Crippen LogP contribution in [0, 0.1) is 5.92 Å². The Morgan fingerprint density at radius 2 is 1.94 bits per heavy atom. The quantitative estimate of drug-likeness (QED) is 0.476. The van der Waals surface area contributed by atoms with Gasteiger partial charge in [-0.3, -0.25) is 14.6 Å². The SMILES string of the molecule is CC(=O)Cc1sc(C(C)(C)c2c(Cl)cc(-n3ncc(=O)[nH]c3=O)cc2Cl)nc1C1=CC(C)CC=C1. The highest BCUT2D eigenvalue weighted by Crippen LogP contribution is 2.44. The van der Waals surface area contributed by atoms with E-state index in [0.29, 0.717) is 33.6 Å². The van der Waals surface area contributed by atoms with Crippen LogP contribution in [0.25, 0.3) is 11.3 Å². The summed E-state index contributed by atoms with van der Waals surface area (Å²) >= 11 is 14.9. The lowest BCUT2D eigenvalue weighted by molar-refractivity contribution is -0.116. The van der Waals surface area contributed by atoms with E-state index in [1.165, 1.54) is 11.3 Å². The smallest absolute Gasteiger partial charge is 0.300 e. The van der Waals surface area contributed by atoms with Gasteiger partial charge in [0.05, 0.1) is 11.4 Å². The number of hydrogen-bond acceptors (Lipinski definition) is 6. The molecule has 3 aromatic rings. The van der Waals surface area contributed by atoms with Gasteiger partial charge in [-0.05, 0) is 50.8 Å². The molecular weight excluding hydrogens is 507 g/mol. The van der Waals surface area contributed by atoms with Crippen molar-refractivity contribution in [2.24, 2.45) is 5.92 Å². The molecule has 0 saturated heterocycles. The number of halogens is 2. The molecule has 182 valence electrons. The van der Waals surface area contributed by atoms with E-state index >= 15 is 0 Å². The van der Waals surface area contributed by atoms with Crippen molar-refractivity contribution < 1.29 is 4.79 Å². The fourth-order valence-corrected chi connectivity index (χ4v) is 6.32. The van der Waals surface area contributed by atoms with Crippen LogP contribution in [0.5, 0.6) is 0 Å². The number of aromatic nitrogens is 4. The van der Waals surface area contributed by atoms with Crippen molar-refractivity contribution in [1.82, 2.24) is 19.7 Å². The first-order chi connectivity index (χ1) is 16.5. The molecule has 1 aliphatic carbocycles. The number of thiazole rings is 1. The van der Waals surface area contributed by atoms with E-state index in [9.17, 15) is 14.4 Å². The van der Waals surface area contributed by atoms with Gasteiger partial charge >= 0.3 is 5.69 Å². The molecule has 0 fully saturated rings. The largest absolute Gasteiger partial charge is 0.349 e. The zero-order valence-electron chi connectivity index (χ0n) is 19.7. The number of H-pyrrole nitrogens is 1. The lowest BCUT2D eigenvalue weighted by Crippen LogP contribution is -2.30. The number of nitrogens with one attached hydrogen (secondary N) is 1. The molecule has 1 aliphatic rings. The molecule has 1 aromatic carbocycles. The minimum atomic E-state index is -0.699. The van der Waals surface area contributed by atoms with E-state index in [1.807, 2.05) is 13.8 Å². The van der Waals surface area contributed by atoms with Crippen molar-refractivity contribution in [3.8, 4) is 5.69 Å². The van der Waals surface area contributed by atoms with Crippen molar-refractivity contribution in [1.29, 1.82) is 0 Å². The van der Waals surface area contributed by atoms with Gasteiger partial charge in [0.1, 0.15) is 17.0 Å². The zero-order valence-corrected chi connectivity index (χ0v) is 22.0. The van der Waals surface area contributed by atoms with Crippen LogP contribution in [-0.4, -0.2) is 25.5 Å². The van der Waals surface area contributed by atoms with Gasteiger partial charge in [0.15, 0.2) is 0 Å². The third-order valence-electron chi connectivity index (χ3n) is 5.79. The van der Waals surface area contributed by atoms with Gasteiger partial charge in [-0.2, -0.15) is 9.78 Å². The monoisotopic (exact) mass is 530 g/mol. The predicted octanol–water partition coefficient (Wildman–Crippen LogP) is 5.12. The fraction of sp³-hybridized carbons (Fsp3) is 0.320. The number of carbonyl (C=O) groups excluding carboxylic acids is 1. The Hall–Kier alpha value is -2.81. The summed E-state index contributed by atoms with van der Waals surface area (Å²) in [5.74, 6) is 0.451. The van der Waals surface area contributed by atoms with Crippen molar-refractivity contribution in [2.45, 2.75) is 46.0 Å². The molecule has 0 aliphatic heterocycles. The van der Waals surface area contributed by atoms with Crippen molar-refractivity contribution in [2.75, 3.05) is 0 Å².